The number of nitrogens with one attached hydrogen (secondary N) is 1. The van der Waals surface area contributed by atoms with Gasteiger partial charge in [-0.2, -0.15) is 0 Å². The molecule has 0 saturated heterocycles. The summed E-state index contributed by atoms with van der Waals surface area (Å²) in [5, 5.41) is 3.79. The predicted molar refractivity (Wildman–Crippen MR) is 63.2 cm³/mol. The van der Waals surface area contributed by atoms with Crippen LogP contribution in [0.4, 0.5) is 0 Å². The lowest BCUT2D eigenvalue weighted by Crippen LogP contribution is -2.02. The van der Waals surface area contributed by atoms with Crippen LogP contribution < -0.4 is 0 Å². The zero-order chi connectivity index (χ0) is 11.8. The quantitative estimate of drug-likeness (QED) is 0.348. The van der Waals surface area contributed by atoms with Crippen LogP contribution in [0, 0.1) is 0 Å². The summed E-state index contributed by atoms with van der Waals surface area (Å²) in [4.78, 5) is 19.0. The molecule has 4 nitrogen and oxygen atoms in total. The van der Waals surface area contributed by atoms with Crippen molar-refractivity contribution < 1.29 is 9.63 Å². The molecule has 0 atom stereocenters. The molecule has 0 bridgehead atoms. The van der Waals surface area contributed by atoms with Crippen molar-refractivity contribution in [3.05, 3.63) is 24.0 Å². The molecule has 1 aromatic rings. The van der Waals surface area contributed by atoms with Gasteiger partial charge in [0.25, 0.3) is 0 Å². The van der Waals surface area contributed by atoms with E-state index in [1.807, 2.05) is 19.2 Å². The molecule has 0 aliphatic carbocycles. The predicted octanol–water partition coefficient (Wildman–Crippen LogP) is 2.86. The van der Waals surface area contributed by atoms with Gasteiger partial charge >= 0.3 is 5.97 Å². The molecule has 1 rings (SSSR count). The molecule has 0 radical (unpaired) electrons. The normalized spacial score (nSPS) is 11.5. The molecule has 4 heteroatoms. The zero-order valence-electron chi connectivity index (χ0n) is 9.82. The van der Waals surface area contributed by atoms with Gasteiger partial charge in [0, 0.05) is 24.4 Å². The van der Waals surface area contributed by atoms with E-state index in [9.17, 15) is 4.79 Å². The van der Waals surface area contributed by atoms with Gasteiger partial charge in [0.1, 0.15) is 0 Å². The van der Waals surface area contributed by atoms with Gasteiger partial charge in [-0.15, -0.1) is 0 Å². The van der Waals surface area contributed by atoms with Crippen molar-refractivity contribution in [3.63, 3.8) is 0 Å². The van der Waals surface area contributed by atoms with Crippen LogP contribution in [0.3, 0.4) is 0 Å². The summed E-state index contributed by atoms with van der Waals surface area (Å²) < 4.78 is 0. The van der Waals surface area contributed by atoms with Crippen LogP contribution in [0.5, 0.6) is 0 Å². The molecule has 88 valence electrons. The van der Waals surface area contributed by atoms with E-state index < -0.39 is 0 Å². The van der Waals surface area contributed by atoms with Crippen LogP contribution >= 0.6 is 0 Å². The summed E-state index contributed by atoms with van der Waals surface area (Å²) in [7, 11) is 0. The summed E-state index contributed by atoms with van der Waals surface area (Å²) in [6, 6.07) is 1.88. The van der Waals surface area contributed by atoms with Crippen LogP contribution in [0.2, 0.25) is 0 Å². The average Bonchev–Trinajstić information content (AvgIpc) is 2.79. The number of carbonyl (C=O) groups excluding carboxylic acids is 1. The van der Waals surface area contributed by atoms with Crippen molar-refractivity contribution in [2.75, 3.05) is 0 Å². The van der Waals surface area contributed by atoms with Gasteiger partial charge in [0.2, 0.25) is 0 Å². The number of aromatic nitrogens is 1. The lowest BCUT2D eigenvalue weighted by molar-refractivity contribution is -0.143. The Bertz CT molecular complexity index is 342. The minimum absolute atomic E-state index is 0.261. The summed E-state index contributed by atoms with van der Waals surface area (Å²) >= 11 is 0. The van der Waals surface area contributed by atoms with Crippen LogP contribution in [0.25, 0.3) is 0 Å². The van der Waals surface area contributed by atoms with Crippen molar-refractivity contribution in [2.24, 2.45) is 5.16 Å². The van der Waals surface area contributed by atoms with E-state index in [1.165, 1.54) is 0 Å². The number of hydrogen-bond acceptors (Lipinski definition) is 3. The van der Waals surface area contributed by atoms with Gasteiger partial charge in [-0.3, -0.25) is 0 Å². The molecule has 0 saturated carbocycles. The Morgan fingerprint density at radius 1 is 1.50 bits per heavy atom. The van der Waals surface area contributed by atoms with E-state index >= 15 is 0 Å². The molecule has 0 spiro atoms. The highest BCUT2D eigenvalue weighted by molar-refractivity contribution is 5.98. The number of rotatable bonds is 6. The van der Waals surface area contributed by atoms with E-state index in [2.05, 4.69) is 17.1 Å². The van der Waals surface area contributed by atoms with Gasteiger partial charge < -0.3 is 9.82 Å². The zero-order valence-corrected chi connectivity index (χ0v) is 9.82. The molecule has 0 aliphatic heterocycles. The van der Waals surface area contributed by atoms with Crippen LogP contribution in [-0.2, 0) is 9.63 Å². The number of H-pyrrole nitrogens is 1. The highest BCUT2D eigenvalue weighted by Gasteiger charge is 2.03. The van der Waals surface area contributed by atoms with Crippen molar-refractivity contribution in [1.29, 1.82) is 0 Å². The molecule has 1 aromatic heterocycles. The van der Waals surface area contributed by atoms with Gasteiger partial charge in [-0.1, -0.05) is 24.9 Å². The topological polar surface area (TPSA) is 54.4 Å². The number of oxime groups is 1. The van der Waals surface area contributed by atoms with E-state index in [4.69, 9.17) is 4.84 Å². The summed E-state index contributed by atoms with van der Waals surface area (Å²) in [6.07, 6.45) is 7.07. The fourth-order valence-corrected chi connectivity index (χ4v) is 1.29. The third-order valence-electron chi connectivity index (χ3n) is 2.28. The SMILES string of the molecule is CCCCCC(=O)O/N=C(\C)c1cc[nH]c1. The second-order valence-corrected chi connectivity index (χ2v) is 3.70. The Morgan fingerprint density at radius 3 is 2.94 bits per heavy atom. The summed E-state index contributed by atoms with van der Waals surface area (Å²) in [6.45, 7) is 3.90. The monoisotopic (exact) mass is 222 g/mol. The molecule has 1 heterocycles. The van der Waals surface area contributed by atoms with Gasteiger partial charge in [0.05, 0.1) is 5.71 Å². The maximum atomic E-state index is 11.3. The Labute approximate surface area is 95.7 Å². The Balaban J connectivity index is 2.32. The minimum atomic E-state index is -0.261. The van der Waals surface area contributed by atoms with E-state index in [0.29, 0.717) is 12.1 Å². The number of unbranched alkanes of at least 4 members (excludes halogenated alkanes) is 2. The lowest BCUT2D eigenvalue weighted by atomic mass is 10.2. The molecule has 0 unspecified atom stereocenters. The first kappa shape index (κ1) is 12.5. The summed E-state index contributed by atoms with van der Waals surface area (Å²) in [5.41, 5.74) is 1.63. The van der Waals surface area contributed by atoms with Crippen molar-refractivity contribution in [3.8, 4) is 0 Å². The van der Waals surface area contributed by atoms with E-state index in [-0.39, 0.29) is 5.97 Å². The standard InChI is InChI=1S/C12H18N2O2/c1-3-4-5-6-12(15)16-14-10(2)11-7-8-13-9-11/h7-9,13H,3-6H2,1-2H3/b14-10+. The number of nitrogens with zero attached hydrogens (tertiary/aromatic N) is 1. The maximum absolute atomic E-state index is 11.3. The first-order chi connectivity index (χ1) is 7.74. The molecule has 16 heavy (non-hydrogen) atoms. The number of carbonyl (C=O) groups is 1. The van der Waals surface area contributed by atoms with Gasteiger partial charge in [0.15, 0.2) is 0 Å². The molecular formula is C12H18N2O2. The first-order valence-corrected chi connectivity index (χ1v) is 5.61. The molecule has 0 amide bonds. The Morgan fingerprint density at radius 2 is 2.31 bits per heavy atom. The van der Waals surface area contributed by atoms with Crippen LogP contribution in [0.15, 0.2) is 23.6 Å². The van der Waals surface area contributed by atoms with E-state index in [0.717, 1.165) is 24.8 Å². The Hall–Kier alpha value is -1.58. The van der Waals surface area contributed by atoms with Crippen LogP contribution in [-0.4, -0.2) is 16.7 Å². The largest absolute Gasteiger partial charge is 0.367 e. The maximum Gasteiger partial charge on any atom is 0.335 e. The third-order valence-corrected chi connectivity index (χ3v) is 2.28. The van der Waals surface area contributed by atoms with Crippen molar-refractivity contribution in [2.45, 2.75) is 39.5 Å². The average molecular weight is 222 g/mol. The van der Waals surface area contributed by atoms with Crippen molar-refractivity contribution >= 4 is 11.7 Å². The lowest BCUT2D eigenvalue weighted by Gasteiger charge is -1.99. The van der Waals surface area contributed by atoms with E-state index in [1.54, 1.807) is 6.20 Å². The van der Waals surface area contributed by atoms with Gasteiger partial charge in [-0.05, 0) is 19.4 Å². The smallest absolute Gasteiger partial charge is 0.335 e. The highest BCUT2D eigenvalue weighted by atomic mass is 16.7. The molecular weight excluding hydrogens is 204 g/mol. The van der Waals surface area contributed by atoms with Gasteiger partial charge in [-0.25, -0.2) is 4.79 Å². The second kappa shape index (κ2) is 6.82. The fourth-order valence-electron chi connectivity index (χ4n) is 1.29. The molecule has 1 N–H and O–H groups in total. The minimum Gasteiger partial charge on any atom is -0.367 e. The number of aromatic amines is 1. The first-order valence-electron chi connectivity index (χ1n) is 5.61. The molecule has 0 fully saturated rings. The fraction of sp³-hybridized carbons (Fsp3) is 0.500. The van der Waals surface area contributed by atoms with Crippen molar-refractivity contribution in [1.82, 2.24) is 4.98 Å². The third kappa shape index (κ3) is 4.29. The summed E-state index contributed by atoms with van der Waals surface area (Å²) in [5.74, 6) is -0.261. The van der Waals surface area contributed by atoms with Crippen LogP contribution in [0.1, 0.15) is 45.1 Å². The molecule has 0 aliphatic rings. The highest BCUT2D eigenvalue weighted by Crippen LogP contribution is 2.03. The second-order valence-electron chi connectivity index (χ2n) is 3.70. The number of hydrogen-bond donors (Lipinski definition) is 1. The Kier molecular flexibility index (Phi) is 5.32. The molecule has 0 aromatic carbocycles.